The van der Waals surface area contributed by atoms with E-state index in [0.29, 0.717) is 0 Å². The van der Waals surface area contributed by atoms with Gasteiger partial charge in [0.2, 0.25) is 0 Å². The average Bonchev–Trinajstić information content (AvgIpc) is 2.41. The molecule has 0 spiro atoms. The number of allylic oxidation sites excluding steroid dienone is 2. The van der Waals surface area contributed by atoms with Crippen LogP contribution in [-0.2, 0) is 0 Å². The van der Waals surface area contributed by atoms with Gasteiger partial charge in [-0.15, -0.1) is 6.58 Å². The van der Waals surface area contributed by atoms with Crippen LogP contribution in [0.25, 0.3) is 6.08 Å². The zero-order chi connectivity index (χ0) is 15.5. The van der Waals surface area contributed by atoms with Crippen LogP contribution in [0.4, 0.5) is 0 Å². The molecule has 0 nitrogen and oxygen atoms in total. The first kappa shape index (κ1) is 18.7. The van der Waals surface area contributed by atoms with Crippen LogP contribution in [-0.4, -0.2) is 0 Å². The molecule has 0 atom stereocenters. The molecule has 0 heterocycles. The van der Waals surface area contributed by atoms with Gasteiger partial charge in [-0.2, -0.15) is 0 Å². The molecule has 20 heavy (non-hydrogen) atoms. The Bertz CT molecular complexity index is 420. The first-order chi connectivity index (χ1) is 9.44. The highest BCUT2D eigenvalue weighted by Gasteiger charge is 2.01. The molecular weight excluding hydrogens is 240 g/mol. The van der Waals surface area contributed by atoms with Crippen LogP contribution in [0.1, 0.15) is 63.6 Å². The van der Waals surface area contributed by atoms with E-state index in [2.05, 4.69) is 71.5 Å². The van der Waals surface area contributed by atoms with Gasteiger partial charge in [-0.1, -0.05) is 62.6 Å². The Morgan fingerprint density at radius 2 is 1.75 bits per heavy atom. The summed E-state index contributed by atoms with van der Waals surface area (Å²) in [7, 11) is 0. The molecule has 0 heteroatoms. The summed E-state index contributed by atoms with van der Waals surface area (Å²) in [6, 6.07) is 6.50. The van der Waals surface area contributed by atoms with Gasteiger partial charge in [-0.3, -0.25) is 0 Å². The van der Waals surface area contributed by atoms with Gasteiger partial charge in [-0.25, -0.2) is 0 Å². The highest BCUT2D eigenvalue weighted by molar-refractivity contribution is 5.51. The van der Waals surface area contributed by atoms with E-state index in [1.54, 1.807) is 0 Å². The molecule has 0 bridgehead atoms. The second-order valence-corrected chi connectivity index (χ2v) is 5.69. The first-order valence-electron chi connectivity index (χ1n) is 7.78. The van der Waals surface area contributed by atoms with Crippen LogP contribution in [0.3, 0.4) is 0 Å². The summed E-state index contributed by atoms with van der Waals surface area (Å²) in [5.74, 6) is 0.877. The summed E-state index contributed by atoms with van der Waals surface area (Å²) in [6.45, 7) is 16.8. The van der Waals surface area contributed by atoms with Crippen molar-refractivity contribution >= 4 is 6.08 Å². The fraction of sp³-hybridized carbons (Fsp3) is 0.500. The molecule has 1 aromatic rings. The van der Waals surface area contributed by atoms with E-state index >= 15 is 0 Å². The summed E-state index contributed by atoms with van der Waals surface area (Å²) < 4.78 is 0. The molecule has 1 rings (SSSR count). The lowest BCUT2D eigenvalue weighted by Crippen LogP contribution is -1.95. The van der Waals surface area contributed by atoms with E-state index in [-0.39, 0.29) is 0 Å². The van der Waals surface area contributed by atoms with Gasteiger partial charge < -0.3 is 0 Å². The van der Waals surface area contributed by atoms with Gasteiger partial charge in [-0.05, 0) is 56.7 Å². The van der Waals surface area contributed by atoms with Crippen molar-refractivity contribution < 1.29 is 0 Å². The Morgan fingerprint density at radius 3 is 2.10 bits per heavy atom. The van der Waals surface area contributed by atoms with E-state index in [0.717, 1.165) is 5.92 Å². The zero-order valence-electron chi connectivity index (χ0n) is 14.3. The summed E-state index contributed by atoms with van der Waals surface area (Å²) in [5.41, 5.74) is 5.33. The van der Waals surface area contributed by atoms with Crippen molar-refractivity contribution in [3.05, 3.63) is 53.1 Å². The van der Waals surface area contributed by atoms with E-state index in [1.165, 1.54) is 41.5 Å². The lowest BCUT2D eigenvalue weighted by molar-refractivity contribution is 0.489. The maximum Gasteiger partial charge on any atom is -0.0257 e. The summed E-state index contributed by atoms with van der Waals surface area (Å²) in [6.07, 6.45) is 7.98. The van der Waals surface area contributed by atoms with E-state index < -0.39 is 0 Å². The maximum absolute atomic E-state index is 3.89. The van der Waals surface area contributed by atoms with E-state index in [1.807, 2.05) is 6.92 Å². The van der Waals surface area contributed by atoms with Crippen molar-refractivity contribution in [1.29, 1.82) is 0 Å². The minimum Gasteiger partial charge on any atom is -0.100 e. The first-order valence-corrected chi connectivity index (χ1v) is 7.78. The predicted molar refractivity (Wildman–Crippen MR) is 94.1 cm³/mol. The summed E-state index contributed by atoms with van der Waals surface area (Å²) in [5, 5.41) is 0. The SMILES string of the molecule is C/C=C/c1ccc(C)c(C)c1.C=C(C)CC(CC)CC. The molecule has 0 unspecified atom stereocenters. The number of hydrogen-bond acceptors (Lipinski definition) is 0. The number of rotatable bonds is 5. The summed E-state index contributed by atoms with van der Waals surface area (Å²) in [4.78, 5) is 0. The third-order valence-corrected chi connectivity index (χ3v) is 3.68. The predicted octanol–water partition coefficient (Wildman–Crippen LogP) is 6.73. The maximum atomic E-state index is 3.89. The molecule has 0 aromatic heterocycles. The number of benzene rings is 1. The molecule has 0 aliphatic carbocycles. The molecule has 0 fully saturated rings. The van der Waals surface area contributed by atoms with Gasteiger partial charge in [0.1, 0.15) is 0 Å². The molecule has 112 valence electrons. The zero-order valence-corrected chi connectivity index (χ0v) is 14.3. The standard InChI is InChI=1S/C11H14.C9H18/c1-4-5-11-7-6-9(2)10(3)8-11;1-5-9(6-2)7-8(3)4/h4-8H,1-3H3;9H,3,5-7H2,1-2,4H3/b5-4+;. The largest absolute Gasteiger partial charge is 0.100 e. The quantitative estimate of drug-likeness (QED) is 0.521. The molecule has 0 aliphatic heterocycles. The summed E-state index contributed by atoms with van der Waals surface area (Å²) >= 11 is 0. The highest BCUT2D eigenvalue weighted by Crippen LogP contribution is 2.16. The fourth-order valence-corrected chi connectivity index (χ4v) is 2.13. The van der Waals surface area contributed by atoms with Crippen LogP contribution in [0.5, 0.6) is 0 Å². The molecule has 0 aliphatic rings. The third-order valence-electron chi connectivity index (χ3n) is 3.68. The van der Waals surface area contributed by atoms with Gasteiger partial charge in [0.05, 0.1) is 0 Å². The number of aryl methyl sites for hydroxylation is 2. The van der Waals surface area contributed by atoms with Gasteiger partial charge >= 0.3 is 0 Å². The van der Waals surface area contributed by atoms with Crippen LogP contribution >= 0.6 is 0 Å². The Kier molecular flexibility index (Phi) is 9.80. The normalized spacial score (nSPS) is 10.6. The molecule has 0 saturated heterocycles. The smallest absolute Gasteiger partial charge is 0.0257 e. The van der Waals surface area contributed by atoms with E-state index in [4.69, 9.17) is 0 Å². The third kappa shape index (κ3) is 7.99. The van der Waals surface area contributed by atoms with E-state index in [9.17, 15) is 0 Å². The van der Waals surface area contributed by atoms with Crippen molar-refractivity contribution in [3.8, 4) is 0 Å². The van der Waals surface area contributed by atoms with Crippen molar-refractivity contribution in [2.24, 2.45) is 5.92 Å². The Labute approximate surface area is 126 Å². The van der Waals surface area contributed by atoms with Gasteiger partial charge in [0.15, 0.2) is 0 Å². The Morgan fingerprint density at radius 1 is 1.15 bits per heavy atom. The van der Waals surface area contributed by atoms with Gasteiger partial charge in [0, 0.05) is 0 Å². The van der Waals surface area contributed by atoms with Crippen molar-refractivity contribution in [1.82, 2.24) is 0 Å². The highest BCUT2D eigenvalue weighted by atomic mass is 14.1. The van der Waals surface area contributed by atoms with Crippen molar-refractivity contribution in [2.75, 3.05) is 0 Å². The monoisotopic (exact) mass is 272 g/mol. The van der Waals surface area contributed by atoms with Crippen LogP contribution < -0.4 is 0 Å². The molecule has 0 amide bonds. The van der Waals surface area contributed by atoms with Crippen LogP contribution in [0.2, 0.25) is 0 Å². The number of hydrogen-bond donors (Lipinski definition) is 0. The fourth-order valence-electron chi connectivity index (χ4n) is 2.13. The van der Waals surface area contributed by atoms with Crippen LogP contribution in [0, 0.1) is 19.8 Å². The molecule has 1 aromatic carbocycles. The lowest BCUT2D eigenvalue weighted by Gasteiger charge is -2.10. The second kappa shape index (κ2) is 10.5. The van der Waals surface area contributed by atoms with Crippen molar-refractivity contribution in [3.63, 3.8) is 0 Å². The molecule has 0 N–H and O–H groups in total. The topological polar surface area (TPSA) is 0 Å². The van der Waals surface area contributed by atoms with Crippen molar-refractivity contribution in [2.45, 2.75) is 60.8 Å². The molecule has 0 saturated carbocycles. The second-order valence-electron chi connectivity index (χ2n) is 5.69. The Balaban J connectivity index is 0.000000370. The Hall–Kier alpha value is -1.30. The average molecular weight is 272 g/mol. The minimum atomic E-state index is 0.877. The molecule has 0 radical (unpaired) electrons. The minimum absolute atomic E-state index is 0.877. The molecular formula is C20H32. The van der Waals surface area contributed by atoms with Gasteiger partial charge in [0.25, 0.3) is 0 Å². The lowest BCUT2D eigenvalue weighted by atomic mass is 9.96. The van der Waals surface area contributed by atoms with Crippen LogP contribution in [0.15, 0.2) is 36.4 Å².